The molecule has 2 aromatic rings. The molecule has 1 aromatic carbocycles. The molecule has 27 heavy (non-hydrogen) atoms. The van der Waals surface area contributed by atoms with Crippen LogP contribution in [0.2, 0.25) is 0 Å². The number of nitrogens with zero attached hydrogens (tertiary/aromatic N) is 2. The topological polar surface area (TPSA) is 59.0 Å². The Morgan fingerprint density at radius 3 is 2.52 bits per heavy atom. The summed E-state index contributed by atoms with van der Waals surface area (Å²) in [4.78, 5) is 13.3. The molecule has 1 atom stereocenters. The van der Waals surface area contributed by atoms with Crippen LogP contribution in [0.25, 0.3) is 0 Å². The average Bonchev–Trinajstić information content (AvgIpc) is 3.17. The molecular weight excluding hydrogens is 360 g/mol. The summed E-state index contributed by atoms with van der Waals surface area (Å²) in [6.45, 7) is 8.23. The molecule has 2 heterocycles. The van der Waals surface area contributed by atoms with Crippen LogP contribution < -0.4 is 10.6 Å². The zero-order valence-corrected chi connectivity index (χ0v) is 17.3. The summed E-state index contributed by atoms with van der Waals surface area (Å²) in [6.07, 6.45) is 6.06. The molecule has 1 unspecified atom stereocenters. The lowest BCUT2D eigenvalue weighted by molar-refractivity contribution is -0.132. The molecule has 0 bridgehead atoms. The van der Waals surface area contributed by atoms with E-state index in [1.807, 2.05) is 23.0 Å². The molecule has 1 saturated heterocycles. The van der Waals surface area contributed by atoms with Gasteiger partial charge in [-0.2, -0.15) is 5.10 Å². The zero-order chi connectivity index (χ0) is 18.6. The van der Waals surface area contributed by atoms with Crippen molar-refractivity contribution in [2.24, 2.45) is 0 Å². The van der Waals surface area contributed by atoms with Gasteiger partial charge in [-0.1, -0.05) is 44.2 Å². The molecule has 1 amide bonds. The number of carbonyl (C=O) groups excluding carboxylic acids is 1. The Morgan fingerprint density at radius 1 is 1.26 bits per heavy atom. The smallest absolute Gasteiger partial charge is 0.248 e. The van der Waals surface area contributed by atoms with E-state index in [1.54, 1.807) is 6.20 Å². The van der Waals surface area contributed by atoms with Crippen LogP contribution in [0.3, 0.4) is 0 Å². The predicted octanol–water partition coefficient (Wildman–Crippen LogP) is 3.26. The van der Waals surface area contributed by atoms with E-state index in [2.05, 4.69) is 60.8 Å². The number of aromatic nitrogens is 2. The first-order valence-corrected chi connectivity index (χ1v) is 9.51. The van der Waals surface area contributed by atoms with Crippen molar-refractivity contribution in [3.8, 4) is 0 Å². The molecule has 0 radical (unpaired) electrons. The fourth-order valence-electron chi connectivity index (χ4n) is 4.10. The van der Waals surface area contributed by atoms with Gasteiger partial charge in [0.2, 0.25) is 5.91 Å². The Labute approximate surface area is 168 Å². The zero-order valence-electron chi connectivity index (χ0n) is 16.4. The van der Waals surface area contributed by atoms with E-state index in [9.17, 15) is 4.79 Å². The molecule has 1 aliphatic heterocycles. The predicted molar refractivity (Wildman–Crippen MR) is 111 cm³/mol. The van der Waals surface area contributed by atoms with Gasteiger partial charge >= 0.3 is 0 Å². The van der Waals surface area contributed by atoms with E-state index >= 15 is 0 Å². The van der Waals surface area contributed by atoms with Crippen molar-refractivity contribution < 1.29 is 4.79 Å². The Bertz CT molecular complexity index is 709. The number of hydrogen-bond donors (Lipinski definition) is 2. The summed E-state index contributed by atoms with van der Waals surface area (Å²) in [5.74, 6) is 0.0825. The number of piperidine rings is 1. The monoisotopic (exact) mass is 390 g/mol. The lowest BCUT2D eigenvalue weighted by Gasteiger charge is -2.38. The van der Waals surface area contributed by atoms with E-state index in [0.717, 1.165) is 32.4 Å². The van der Waals surface area contributed by atoms with Crippen LogP contribution in [-0.2, 0) is 15.7 Å². The Balaban J connectivity index is 0.00000261. The number of nitrogens with one attached hydrogen (secondary N) is 2. The highest BCUT2D eigenvalue weighted by Gasteiger charge is 2.42. The first kappa shape index (κ1) is 21.5. The van der Waals surface area contributed by atoms with Crippen molar-refractivity contribution in [1.82, 2.24) is 20.4 Å². The minimum absolute atomic E-state index is 0. The summed E-state index contributed by atoms with van der Waals surface area (Å²) >= 11 is 0. The molecule has 0 spiro atoms. The van der Waals surface area contributed by atoms with Gasteiger partial charge in [0.15, 0.2) is 0 Å². The maximum absolute atomic E-state index is 13.3. The van der Waals surface area contributed by atoms with E-state index in [-0.39, 0.29) is 29.8 Å². The molecule has 6 heteroatoms. The van der Waals surface area contributed by atoms with Crippen LogP contribution in [0.1, 0.15) is 45.6 Å². The molecule has 0 aliphatic carbocycles. The summed E-state index contributed by atoms with van der Waals surface area (Å²) < 4.78 is 1.85. The van der Waals surface area contributed by atoms with Crippen LogP contribution in [0.4, 0.5) is 0 Å². The van der Waals surface area contributed by atoms with Crippen LogP contribution >= 0.6 is 12.4 Å². The quantitative estimate of drug-likeness (QED) is 0.795. The normalized spacial score (nSPS) is 17.6. The fourth-order valence-corrected chi connectivity index (χ4v) is 4.10. The van der Waals surface area contributed by atoms with Crippen molar-refractivity contribution in [1.29, 1.82) is 0 Å². The van der Waals surface area contributed by atoms with E-state index in [4.69, 9.17) is 0 Å². The highest BCUT2D eigenvalue weighted by atomic mass is 35.5. The largest absolute Gasteiger partial charge is 0.352 e. The molecular formula is C21H31ClN4O. The number of benzene rings is 1. The second-order valence-corrected chi connectivity index (χ2v) is 8.06. The maximum Gasteiger partial charge on any atom is 0.248 e. The second kappa shape index (κ2) is 8.89. The van der Waals surface area contributed by atoms with Gasteiger partial charge in [-0.05, 0) is 56.3 Å². The lowest BCUT2D eigenvalue weighted by atomic mass is 9.79. The first-order chi connectivity index (χ1) is 12.4. The van der Waals surface area contributed by atoms with Gasteiger partial charge in [-0.15, -0.1) is 12.4 Å². The lowest BCUT2D eigenvalue weighted by Crippen LogP contribution is -2.56. The van der Waals surface area contributed by atoms with Gasteiger partial charge in [0.05, 0.1) is 0 Å². The Kier molecular flexibility index (Phi) is 7.06. The summed E-state index contributed by atoms with van der Waals surface area (Å²) in [5.41, 5.74) is 0.714. The van der Waals surface area contributed by atoms with Crippen molar-refractivity contribution in [3.05, 3.63) is 54.4 Å². The maximum atomic E-state index is 13.3. The van der Waals surface area contributed by atoms with E-state index < -0.39 is 5.54 Å². The minimum atomic E-state index is -0.583. The summed E-state index contributed by atoms with van der Waals surface area (Å²) in [7, 11) is 0. The number of amides is 1. The van der Waals surface area contributed by atoms with Gasteiger partial charge in [0, 0.05) is 18.4 Å². The Hall–Kier alpha value is -1.85. The van der Waals surface area contributed by atoms with E-state index in [1.165, 1.54) is 5.56 Å². The molecule has 1 fully saturated rings. The second-order valence-electron chi connectivity index (χ2n) is 8.06. The molecule has 3 rings (SSSR count). The minimum Gasteiger partial charge on any atom is -0.352 e. The number of hydrogen-bond acceptors (Lipinski definition) is 3. The number of carbonyl (C=O) groups is 1. The third kappa shape index (κ3) is 4.71. The fraction of sp³-hybridized carbons (Fsp3) is 0.524. The van der Waals surface area contributed by atoms with E-state index in [0.29, 0.717) is 0 Å². The molecule has 5 nitrogen and oxygen atoms in total. The molecule has 1 aromatic heterocycles. The van der Waals surface area contributed by atoms with Crippen LogP contribution in [0.15, 0.2) is 48.8 Å². The summed E-state index contributed by atoms with van der Waals surface area (Å²) in [6, 6.07) is 12.5. The third-order valence-corrected chi connectivity index (χ3v) is 5.55. The molecule has 0 saturated carbocycles. The number of rotatable bonds is 6. The summed E-state index contributed by atoms with van der Waals surface area (Å²) in [5, 5.41) is 11.0. The first-order valence-electron chi connectivity index (χ1n) is 9.51. The van der Waals surface area contributed by atoms with Crippen molar-refractivity contribution in [2.45, 2.75) is 57.0 Å². The average molecular weight is 391 g/mol. The highest BCUT2D eigenvalue weighted by Crippen LogP contribution is 2.30. The van der Waals surface area contributed by atoms with Gasteiger partial charge in [-0.3, -0.25) is 9.48 Å². The van der Waals surface area contributed by atoms with Gasteiger partial charge in [-0.25, -0.2) is 0 Å². The van der Waals surface area contributed by atoms with Gasteiger partial charge in [0.25, 0.3) is 0 Å². The van der Waals surface area contributed by atoms with Crippen LogP contribution in [-0.4, -0.2) is 34.8 Å². The van der Waals surface area contributed by atoms with Gasteiger partial charge in [0.1, 0.15) is 5.54 Å². The SMILES string of the molecule is CC(CC(C)(C)c1ccccc1)NC(=O)C1(n2cccn2)CCNCC1.Cl. The van der Waals surface area contributed by atoms with Crippen molar-refractivity contribution in [2.75, 3.05) is 13.1 Å². The van der Waals surface area contributed by atoms with Crippen molar-refractivity contribution in [3.63, 3.8) is 0 Å². The Morgan fingerprint density at radius 2 is 1.93 bits per heavy atom. The van der Waals surface area contributed by atoms with Crippen LogP contribution in [0, 0.1) is 0 Å². The van der Waals surface area contributed by atoms with Crippen LogP contribution in [0.5, 0.6) is 0 Å². The highest BCUT2D eigenvalue weighted by molar-refractivity contribution is 5.85. The third-order valence-electron chi connectivity index (χ3n) is 5.55. The molecule has 148 valence electrons. The molecule has 1 aliphatic rings. The van der Waals surface area contributed by atoms with Gasteiger partial charge < -0.3 is 10.6 Å². The molecule has 2 N–H and O–H groups in total. The van der Waals surface area contributed by atoms with Crippen molar-refractivity contribution >= 4 is 18.3 Å². The standard InChI is InChI=1S/C21H30N4O.ClH/c1-17(16-20(2,3)18-8-5-4-6-9-18)24-19(26)21(10-13-22-14-11-21)25-15-7-12-23-25;/h4-9,12,15,17,22H,10-11,13-14,16H2,1-3H3,(H,24,26);1H. The number of halogens is 1.